The molecule has 0 fully saturated rings. The number of nitrogens with zero attached hydrogens (tertiary/aromatic N) is 3. The van der Waals surface area contributed by atoms with Crippen LogP contribution in [0.3, 0.4) is 0 Å². The molecule has 1 N–H and O–H groups in total. The van der Waals surface area contributed by atoms with Gasteiger partial charge in [-0.15, -0.1) is 5.10 Å². The summed E-state index contributed by atoms with van der Waals surface area (Å²) in [4.78, 5) is 0. The molecular formula is C9H18N4. The highest BCUT2D eigenvalue weighted by Crippen LogP contribution is 2.01. The summed E-state index contributed by atoms with van der Waals surface area (Å²) in [7, 11) is 1.88. The van der Waals surface area contributed by atoms with Gasteiger partial charge in [0, 0.05) is 25.8 Å². The topological polar surface area (TPSA) is 42.7 Å². The number of hydrogen-bond donors (Lipinski definition) is 1. The van der Waals surface area contributed by atoms with Crippen LogP contribution in [0.2, 0.25) is 0 Å². The summed E-state index contributed by atoms with van der Waals surface area (Å²) in [6.07, 6.45) is 1.93. The van der Waals surface area contributed by atoms with Gasteiger partial charge in [-0.1, -0.05) is 19.1 Å². The lowest BCUT2D eigenvalue weighted by Gasteiger charge is -2.16. The van der Waals surface area contributed by atoms with Gasteiger partial charge in [0.2, 0.25) is 0 Å². The summed E-state index contributed by atoms with van der Waals surface area (Å²) in [5.41, 5.74) is 0.995. The molecule has 4 nitrogen and oxygen atoms in total. The van der Waals surface area contributed by atoms with E-state index in [-0.39, 0.29) is 0 Å². The minimum atomic E-state index is 0.516. The average Bonchev–Trinajstić information content (AvgIpc) is 2.47. The van der Waals surface area contributed by atoms with Gasteiger partial charge in [-0.25, -0.2) is 0 Å². The lowest BCUT2D eigenvalue weighted by molar-refractivity contribution is 0.424. The highest BCUT2D eigenvalue weighted by Gasteiger charge is 2.06. The molecule has 0 aliphatic heterocycles. The van der Waals surface area contributed by atoms with Crippen molar-refractivity contribution in [3.8, 4) is 0 Å². The highest BCUT2D eigenvalue weighted by molar-refractivity contribution is 4.91. The van der Waals surface area contributed by atoms with Gasteiger partial charge >= 0.3 is 0 Å². The zero-order chi connectivity index (χ0) is 9.84. The number of aromatic nitrogens is 3. The predicted octanol–water partition coefficient (Wildman–Crippen LogP) is 0.949. The lowest BCUT2D eigenvalue weighted by atomic mass is 10.1. The van der Waals surface area contributed by atoms with Crippen LogP contribution in [0.1, 0.15) is 26.5 Å². The molecule has 0 spiro atoms. The van der Waals surface area contributed by atoms with Crippen molar-refractivity contribution in [2.24, 2.45) is 13.0 Å². The zero-order valence-electron chi connectivity index (χ0n) is 8.78. The first-order valence-corrected chi connectivity index (χ1v) is 4.68. The minimum Gasteiger partial charge on any atom is -0.308 e. The third-order valence-electron chi connectivity index (χ3n) is 2.26. The molecule has 74 valence electrons. The molecule has 13 heavy (non-hydrogen) atoms. The van der Waals surface area contributed by atoms with Crippen molar-refractivity contribution in [1.29, 1.82) is 0 Å². The van der Waals surface area contributed by atoms with E-state index >= 15 is 0 Å². The summed E-state index contributed by atoms with van der Waals surface area (Å²) in [5.74, 6) is 0.650. The summed E-state index contributed by atoms with van der Waals surface area (Å²) in [6, 6.07) is 0.516. The van der Waals surface area contributed by atoms with Crippen LogP contribution in [-0.2, 0) is 13.6 Å². The van der Waals surface area contributed by atoms with E-state index in [2.05, 4.69) is 36.4 Å². The summed E-state index contributed by atoms with van der Waals surface area (Å²) in [6.45, 7) is 7.39. The third-order valence-corrected chi connectivity index (χ3v) is 2.26. The first-order valence-electron chi connectivity index (χ1n) is 4.68. The number of aryl methyl sites for hydroxylation is 1. The van der Waals surface area contributed by atoms with Crippen LogP contribution in [-0.4, -0.2) is 21.0 Å². The van der Waals surface area contributed by atoms with E-state index in [4.69, 9.17) is 0 Å². The quantitative estimate of drug-likeness (QED) is 0.754. The molecule has 0 amide bonds. The van der Waals surface area contributed by atoms with Gasteiger partial charge < -0.3 is 5.32 Å². The minimum absolute atomic E-state index is 0.516. The standard InChI is InChI=1S/C9H18N4/c1-7(2)8(3)10-5-9-6-13(4)12-11-9/h6-8,10H,5H2,1-4H3. The fourth-order valence-corrected chi connectivity index (χ4v) is 0.978. The molecule has 1 heterocycles. The van der Waals surface area contributed by atoms with Crippen LogP contribution < -0.4 is 5.32 Å². The van der Waals surface area contributed by atoms with Crippen molar-refractivity contribution in [3.63, 3.8) is 0 Å². The number of hydrogen-bond acceptors (Lipinski definition) is 3. The van der Waals surface area contributed by atoms with Gasteiger partial charge in [-0.2, -0.15) is 0 Å². The van der Waals surface area contributed by atoms with Crippen molar-refractivity contribution in [2.75, 3.05) is 0 Å². The Morgan fingerprint density at radius 3 is 2.62 bits per heavy atom. The van der Waals surface area contributed by atoms with Gasteiger partial charge in [0.25, 0.3) is 0 Å². The molecule has 0 saturated heterocycles. The van der Waals surface area contributed by atoms with Crippen molar-refractivity contribution < 1.29 is 0 Å². The summed E-state index contributed by atoms with van der Waals surface area (Å²) < 4.78 is 1.72. The van der Waals surface area contributed by atoms with Crippen LogP contribution in [0, 0.1) is 5.92 Å². The van der Waals surface area contributed by atoms with Gasteiger partial charge in [-0.05, 0) is 12.8 Å². The molecule has 1 atom stereocenters. The van der Waals surface area contributed by atoms with Crippen LogP contribution >= 0.6 is 0 Å². The van der Waals surface area contributed by atoms with Crippen LogP contribution in [0.25, 0.3) is 0 Å². The molecule has 0 bridgehead atoms. The van der Waals surface area contributed by atoms with Crippen LogP contribution in [0.15, 0.2) is 6.20 Å². The van der Waals surface area contributed by atoms with Crippen LogP contribution in [0.5, 0.6) is 0 Å². The molecule has 0 saturated carbocycles. The largest absolute Gasteiger partial charge is 0.308 e. The van der Waals surface area contributed by atoms with E-state index in [0.717, 1.165) is 12.2 Å². The van der Waals surface area contributed by atoms with Gasteiger partial charge in [-0.3, -0.25) is 4.68 Å². The first-order chi connectivity index (χ1) is 6.09. The SMILES string of the molecule is CC(C)C(C)NCc1cn(C)nn1. The molecule has 1 aromatic heterocycles. The third kappa shape index (κ3) is 3.14. The second-order valence-corrected chi connectivity index (χ2v) is 3.80. The monoisotopic (exact) mass is 182 g/mol. The van der Waals surface area contributed by atoms with E-state index in [1.165, 1.54) is 0 Å². The van der Waals surface area contributed by atoms with Crippen molar-refractivity contribution in [1.82, 2.24) is 20.3 Å². The highest BCUT2D eigenvalue weighted by atomic mass is 15.4. The molecule has 1 aromatic rings. The maximum Gasteiger partial charge on any atom is 0.0964 e. The molecular weight excluding hydrogens is 164 g/mol. The predicted molar refractivity (Wildman–Crippen MR) is 52.1 cm³/mol. The van der Waals surface area contributed by atoms with Crippen molar-refractivity contribution in [3.05, 3.63) is 11.9 Å². The second-order valence-electron chi connectivity index (χ2n) is 3.80. The lowest BCUT2D eigenvalue weighted by Crippen LogP contribution is -2.30. The summed E-state index contributed by atoms with van der Waals surface area (Å²) in [5, 5.41) is 11.3. The Morgan fingerprint density at radius 1 is 1.46 bits per heavy atom. The smallest absolute Gasteiger partial charge is 0.0964 e. The maximum absolute atomic E-state index is 4.00. The van der Waals surface area contributed by atoms with Crippen molar-refractivity contribution in [2.45, 2.75) is 33.4 Å². The zero-order valence-corrected chi connectivity index (χ0v) is 8.78. The Morgan fingerprint density at radius 2 is 2.15 bits per heavy atom. The molecule has 0 aromatic carbocycles. The van der Waals surface area contributed by atoms with E-state index in [1.54, 1.807) is 4.68 Å². The van der Waals surface area contributed by atoms with Gasteiger partial charge in [0.05, 0.1) is 5.69 Å². The maximum atomic E-state index is 4.00. The molecule has 4 heteroatoms. The molecule has 1 unspecified atom stereocenters. The van der Waals surface area contributed by atoms with Crippen molar-refractivity contribution >= 4 is 0 Å². The Balaban J connectivity index is 2.35. The molecule has 1 rings (SSSR count). The van der Waals surface area contributed by atoms with Crippen LogP contribution in [0.4, 0.5) is 0 Å². The second kappa shape index (κ2) is 4.37. The Hall–Kier alpha value is -0.900. The molecule has 0 radical (unpaired) electrons. The Labute approximate surface area is 79.3 Å². The Bertz CT molecular complexity index is 254. The Kier molecular flexibility index (Phi) is 3.42. The van der Waals surface area contributed by atoms with E-state index < -0.39 is 0 Å². The average molecular weight is 182 g/mol. The van der Waals surface area contributed by atoms with E-state index in [0.29, 0.717) is 12.0 Å². The van der Waals surface area contributed by atoms with E-state index in [1.807, 2.05) is 13.2 Å². The fourth-order valence-electron chi connectivity index (χ4n) is 0.978. The van der Waals surface area contributed by atoms with E-state index in [9.17, 15) is 0 Å². The summed E-state index contributed by atoms with van der Waals surface area (Å²) >= 11 is 0. The fraction of sp³-hybridized carbons (Fsp3) is 0.778. The first kappa shape index (κ1) is 10.2. The number of rotatable bonds is 4. The van der Waals surface area contributed by atoms with Gasteiger partial charge in [0.1, 0.15) is 0 Å². The normalized spacial score (nSPS) is 13.6. The molecule has 0 aliphatic rings. The van der Waals surface area contributed by atoms with Gasteiger partial charge in [0.15, 0.2) is 0 Å². The number of nitrogens with one attached hydrogen (secondary N) is 1. The molecule has 0 aliphatic carbocycles.